The molecule has 2 heterocycles. The highest BCUT2D eigenvalue weighted by Crippen LogP contribution is 2.35. The molecule has 1 fully saturated rings. The van der Waals surface area contributed by atoms with E-state index in [1.807, 2.05) is 63.2 Å². The largest absolute Gasteiger partial charge is 0.462 e. The number of hydrogen-bond acceptors (Lipinski definition) is 6. The molecule has 0 amide bonds. The molecule has 0 spiro atoms. The zero-order chi connectivity index (χ0) is 20.6. The molecule has 5 nitrogen and oxygen atoms in total. The summed E-state index contributed by atoms with van der Waals surface area (Å²) in [5.74, 6) is -0.626. The monoisotopic (exact) mass is 412 g/mol. The molecule has 0 N–H and O–H groups in total. The van der Waals surface area contributed by atoms with Gasteiger partial charge in [0.25, 0.3) is 0 Å². The average molecular weight is 413 g/mol. The van der Waals surface area contributed by atoms with Gasteiger partial charge < -0.3 is 14.2 Å². The number of fused-ring (bicyclic) bond motifs is 2. The normalized spacial score (nSPS) is 21.1. The number of carbonyl (C=O) groups excluding carboxylic acids is 2. The van der Waals surface area contributed by atoms with E-state index in [1.165, 1.54) is 0 Å². The number of ether oxygens (including phenoxy) is 3. The predicted molar refractivity (Wildman–Crippen MR) is 110 cm³/mol. The summed E-state index contributed by atoms with van der Waals surface area (Å²) in [5.41, 5.74) is 3.31. The molecule has 2 aliphatic rings. The Morgan fingerprint density at radius 2 is 2.03 bits per heavy atom. The van der Waals surface area contributed by atoms with Gasteiger partial charge in [0, 0.05) is 21.8 Å². The van der Waals surface area contributed by atoms with Crippen molar-refractivity contribution in [1.29, 1.82) is 0 Å². The smallest absolute Gasteiger partial charge is 0.313 e. The third kappa shape index (κ3) is 4.25. The zero-order valence-electron chi connectivity index (χ0n) is 16.8. The summed E-state index contributed by atoms with van der Waals surface area (Å²) in [6, 6.07) is 13.3. The van der Waals surface area contributed by atoms with Crippen molar-refractivity contribution in [1.82, 2.24) is 0 Å². The molecule has 0 aliphatic carbocycles. The summed E-state index contributed by atoms with van der Waals surface area (Å²) in [5, 5.41) is 0. The van der Waals surface area contributed by atoms with Crippen LogP contribution in [0, 0.1) is 0 Å². The van der Waals surface area contributed by atoms with Gasteiger partial charge in [0.05, 0.1) is 12.5 Å². The van der Waals surface area contributed by atoms with Gasteiger partial charge in [0.2, 0.25) is 0 Å². The lowest BCUT2D eigenvalue weighted by Crippen LogP contribution is -2.26. The summed E-state index contributed by atoms with van der Waals surface area (Å²) >= 11 is 1.62. The lowest BCUT2D eigenvalue weighted by Gasteiger charge is -2.18. The quantitative estimate of drug-likeness (QED) is 0.697. The van der Waals surface area contributed by atoms with E-state index in [0.717, 1.165) is 27.3 Å². The third-order valence-electron chi connectivity index (χ3n) is 5.23. The summed E-state index contributed by atoms with van der Waals surface area (Å²) in [6.45, 7) is 6.07. The first-order chi connectivity index (χ1) is 13.8. The van der Waals surface area contributed by atoms with Crippen molar-refractivity contribution in [3.8, 4) is 0 Å². The summed E-state index contributed by atoms with van der Waals surface area (Å²) in [7, 11) is 0. The molecule has 0 aromatic heterocycles. The number of ketones is 1. The van der Waals surface area contributed by atoms with E-state index in [1.54, 1.807) is 11.8 Å². The van der Waals surface area contributed by atoms with E-state index in [4.69, 9.17) is 14.2 Å². The zero-order valence-corrected chi connectivity index (χ0v) is 17.6. The molecule has 2 aromatic rings. The van der Waals surface area contributed by atoms with E-state index >= 15 is 0 Å². The fraction of sp³-hybridized carbons (Fsp3) is 0.391. The van der Waals surface area contributed by atoms with Crippen LogP contribution in [-0.2, 0) is 24.8 Å². The van der Waals surface area contributed by atoms with Gasteiger partial charge in [0.1, 0.15) is 12.7 Å². The second kappa shape index (κ2) is 7.94. The molecule has 2 aliphatic heterocycles. The molecular weight excluding hydrogens is 388 g/mol. The lowest BCUT2D eigenvalue weighted by atomic mass is 9.95. The highest BCUT2D eigenvalue weighted by atomic mass is 32.2. The van der Waals surface area contributed by atoms with Crippen LogP contribution >= 0.6 is 11.8 Å². The molecule has 6 heteroatoms. The Balaban J connectivity index is 1.46. The van der Waals surface area contributed by atoms with Crippen LogP contribution in [-0.4, -0.2) is 36.9 Å². The van der Waals surface area contributed by atoms with Crippen LogP contribution in [0.1, 0.15) is 53.7 Å². The minimum absolute atomic E-state index is 0.0309. The Labute approximate surface area is 174 Å². The van der Waals surface area contributed by atoms with Gasteiger partial charge in [-0.3, -0.25) is 9.59 Å². The second-order valence-corrected chi connectivity index (χ2v) is 8.85. The third-order valence-corrected chi connectivity index (χ3v) is 6.33. The molecule has 2 aromatic carbocycles. The van der Waals surface area contributed by atoms with Crippen molar-refractivity contribution in [2.24, 2.45) is 0 Å². The molecule has 0 radical (unpaired) electrons. The first-order valence-electron chi connectivity index (χ1n) is 9.72. The van der Waals surface area contributed by atoms with Crippen molar-refractivity contribution in [2.45, 2.75) is 49.2 Å². The van der Waals surface area contributed by atoms with E-state index in [2.05, 4.69) is 0 Å². The Hall–Kier alpha value is -2.15. The van der Waals surface area contributed by atoms with Crippen LogP contribution in [0.4, 0.5) is 0 Å². The van der Waals surface area contributed by atoms with E-state index in [0.29, 0.717) is 12.2 Å². The molecular formula is C23H24O5S. The SMILES string of the molecule is CC(C(=O)OCC1COC(C)(C)O1)c1ccc2c(c1)SCc1ccccc1C2=O. The molecule has 0 saturated carbocycles. The molecule has 29 heavy (non-hydrogen) atoms. The van der Waals surface area contributed by atoms with Crippen LogP contribution in [0.2, 0.25) is 0 Å². The van der Waals surface area contributed by atoms with Crippen molar-refractivity contribution in [3.05, 3.63) is 64.7 Å². The molecule has 2 unspecified atom stereocenters. The highest BCUT2D eigenvalue weighted by Gasteiger charge is 2.34. The number of thioether (sulfide) groups is 1. The maximum atomic E-state index is 12.9. The summed E-state index contributed by atoms with van der Waals surface area (Å²) in [4.78, 5) is 26.4. The first kappa shape index (κ1) is 20.1. The van der Waals surface area contributed by atoms with Gasteiger partial charge >= 0.3 is 5.97 Å². The molecule has 152 valence electrons. The maximum absolute atomic E-state index is 12.9. The number of rotatable bonds is 4. The van der Waals surface area contributed by atoms with E-state index < -0.39 is 11.7 Å². The van der Waals surface area contributed by atoms with Gasteiger partial charge in [-0.2, -0.15) is 0 Å². The fourth-order valence-electron chi connectivity index (χ4n) is 3.56. The fourth-order valence-corrected chi connectivity index (χ4v) is 4.66. The van der Waals surface area contributed by atoms with Crippen LogP contribution in [0.5, 0.6) is 0 Å². The highest BCUT2D eigenvalue weighted by molar-refractivity contribution is 7.98. The van der Waals surface area contributed by atoms with Crippen molar-refractivity contribution < 1.29 is 23.8 Å². The van der Waals surface area contributed by atoms with Crippen LogP contribution in [0.25, 0.3) is 0 Å². The van der Waals surface area contributed by atoms with Crippen LogP contribution in [0.15, 0.2) is 47.4 Å². The van der Waals surface area contributed by atoms with Gasteiger partial charge in [-0.15, -0.1) is 11.8 Å². The van der Waals surface area contributed by atoms with Gasteiger partial charge in [0.15, 0.2) is 11.6 Å². The average Bonchev–Trinajstić information content (AvgIpc) is 3.00. The van der Waals surface area contributed by atoms with E-state index in [-0.39, 0.29) is 24.5 Å². The van der Waals surface area contributed by atoms with Crippen molar-refractivity contribution in [2.75, 3.05) is 13.2 Å². The number of esters is 1. The Bertz CT molecular complexity index is 952. The number of hydrogen-bond donors (Lipinski definition) is 0. The standard InChI is InChI=1S/C23H24O5S/c1-14(22(25)26-11-17-12-27-23(2,3)28-17)15-8-9-19-20(10-15)29-13-16-6-4-5-7-18(16)21(19)24/h4-10,14,17H,11-13H2,1-3H3. The summed E-state index contributed by atoms with van der Waals surface area (Å²) in [6.07, 6.45) is -0.250. The minimum atomic E-state index is -0.638. The van der Waals surface area contributed by atoms with E-state index in [9.17, 15) is 9.59 Å². The van der Waals surface area contributed by atoms with Crippen LogP contribution < -0.4 is 0 Å². The van der Waals surface area contributed by atoms with Gasteiger partial charge in [-0.25, -0.2) is 0 Å². The molecule has 1 saturated heterocycles. The van der Waals surface area contributed by atoms with Gasteiger partial charge in [-0.05, 0) is 44.0 Å². The summed E-state index contributed by atoms with van der Waals surface area (Å²) < 4.78 is 16.6. The van der Waals surface area contributed by atoms with Gasteiger partial charge in [-0.1, -0.05) is 30.3 Å². The molecule has 4 rings (SSSR count). The minimum Gasteiger partial charge on any atom is -0.462 e. The Kier molecular flexibility index (Phi) is 5.51. The molecule has 2 atom stereocenters. The second-order valence-electron chi connectivity index (χ2n) is 7.83. The topological polar surface area (TPSA) is 61.8 Å². The first-order valence-corrected chi connectivity index (χ1v) is 10.7. The lowest BCUT2D eigenvalue weighted by molar-refractivity contribution is -0.159. The van der Waals surface area contributed by atoms with Crippen LogP contribution in [0.3, 0.4) is 0 Å². The Morgan fingerprint density at radius 1 is 1.24 bits per heavy atom. The molecule has 0 bridgehead atoms. The number of benzene rings is 2. The van der Waals surface area contributed by atoms with Crippen molar-refractivity contribution >= 4 is 23.5 Å². The predicted octanol–water partition coefficient (Wildman–Crippen LogP) is 4.32. The van der Waals surface area contributed by atoms with Crippen molar-refractivity contribution in [3.63, 3.8) is 0 Å². The number of carbonyl (C=O) groups is 2. The maximum Gasteiger partial charge on any atom is 0.313 e. The Morgan fingerprint density at radius 3 is 2.79 bits per heavy atom.